The Morgan fingerprint density at radius 2 is 2.00 bits per heavy atom. The van der Waals surface area contributed by atoms with Crippen LogP contribution in [0.4, 0.5) is 0 Å². The molecule has 0 fully saturated rings. The first kappa shape index (κ1) is 25.2. The number of allylic oxidation sites excluding steroid dienone is 8. The first-order chi connectivity index (χ1) is 13.5. The van der Waals surface area contributed by atoms with Gasteiger partial charge in [-0.05, 0) is 37.0 Å². The van der Waals surface area contributed by atoms with E-state index in [1.165, 1.54) is 0 Å². The van der Waals surface area contributed by atoms with Gasteiger partial charge in [0.25, 0.3) is 5.91 Å². The molecule has 0 saturated carbocycles. The Morgan fingerprint density at radius 3 is 2.64 bits per heavy atom. The van der Waals surface area contributed by atoms with Crippen LogP contribution < -0.4 is 10.6 Å². The fourth-order valence-electron chi connectivity index (χ4n) is 2.02. The first-order valence-electron chi connectivity index (χ1n) is 9.51. The number of hydrogen-bond donors (Lipinski definition) is 2. The molecule has 2 N–H and O–H groups in total. The van der Waals surface area contributed by atoms with Crippen LogP contribution in [-0.4, -0.2) is 19.2 Å². The van der Waals surface area contributed by atoms with Gasteiger partial charge in [-0.15, -0.1) is 0 Å². The normalized spacial score (nSPS) is 12.7. The molecule has 4 heteroatoms. The van der Waals surface area contributed by atoms with Gasteiger partial charge < -0.3 is 15.4 Å². The highest BCUT2D eigenvalue weighted by atomic mass is 16.5. The van der Waals surface area contributed by atoms with Gasteiger partial charge in [0.1, 0.15) is 6.73 Å². The number of carbonyl (C=O) groups excluding carboxylic acids is 1. The molecule has 0 bridgehead atoms. The van der Waals surface area contributed by atoms with E-state index in [0.717, 1.165) is 29.8 Å². The zero-order valence-electron chi connectivity index (χ0n) is 17.3. The molecule has 152 valence electrons. The third-order valence-electron chi connectivity index (χ3n) is 3.45. The molecule has 1 aliphatic carbocycles. The topological polar surface area (TPSA) is 50.4 Å². The zero-order valence-corrected chi connectivity index (χ0v) is 17.3. The number of rotatable bonds is 12. The predicted octanol–water partition coefficient (Wildman–Crippen LogP) is 5.24. The highest BCUT2D eigenvalue weighted by Crippen LogP contribution is 2.10. The smallest absolute Gasteiger partial charge is 0.251 e. The Bertz CT molecular complexity index is 664. The molecule has 0 spiro atoms. The van der Waals surface area contributed by atoms with Crippen molar-refractivity contribution < 1.29 is 9.53 Å². The van der Waals surface area contributed by atoms with Crippen molar-refractivity contribution in [1.82, 2.24) is 10.6 Å². The summed E-state index contributed by atoms with van der Waals surface area (Å²) in [6, 6.07) is 0. The minimum Gasteiger partial charge on any atom is -0.363 e. The second-order valence-electron chi connectivity index (χ2n) is 5.77. The molecule has 1 rings (SSSR count). The van der Waals surface area contributed by atoms with E-state index in [2.05, 4.69) is 43.0 Å². The molecule has 0 aromatic heterocycles. The van der Waals surface area contributed by atoms with Gasteiger partial charge in [0.05, 0.1) is 6.61 Å². The van der Waals surface area contributed by atoms with Gasteiger partial charge in [0.15, 0.2) is 0 Å². The van der Waals surface area contributed by atoms with Crippen molar-refractivity contribution in [3.8, 4) is 0 Å². The first-order valence-corrected chi connectivity index (χ1v) is 9.51. The highest BCUT2D eigenvalue weighted by Gasteiger charge is 2.08. The summed E-state index contributed by atoms with van der Waals surface area (Å²) < 4.78 is 5.45. The van der Waals surface area contributed by atoms with Crippen LogP contribution >= 0.6 is 0 Å². The molecule has 0 aromatic rings. The maximum absolute atomic E-state index is 12.1. The molecule has 0 unspecified atom stereocenters. The number of hydrogen-bond acceptors (Lipinski definition) is 3. The summed E-state index contributed by atoms with van der Waals surface area (Å²) in [4.78, 5) is 12.1. The second kappa shape index (κ2) is 16.3. The Morgan fingerprint density at radius 1 is 1.25 bits per heavy atom. The standard InChI is InChI=1S/C22H28N2O2.C2H6/c1-5-6-13-20(4)23-17-26-16-18(2)11-10-12-19(3)22(25)24-21-14-8-7-9-15-21;1-2/h5-8,10-11,13-14,23H,1-4,9,12,15-17H2,(H,24,25);1-2H3/b11-10?,13-6-;. The van der Waals surface area contributed by atoms with Crippen LogP contribution in [0, 0.1) is 0 Å². The molecule has 0 heterocycles. The maximum Gasteiger partial charge on any atom is 0.251 e. The molecule has 1 aliphatic rings. The summed E-state index contributed by atoms with van der Waals surface area (Å²) in [6.07, 6.45) is 17.2. The summed E-state index contributed by atoms with van der Waals surface area (Å²) in [5.74, 6) is -0.145. The number of amides is 1. The highest BCUT2D eigenvalue weighted by molar-refractivity contribution is 5.94. The van der Waals surface area contributed by atoms with Crippen LogP contribution in [0.3, 0.4) is 0 Å². The van der Waals surface area contributed by atoms with Crippen LogP contribution in [-0.2, 0) is 9.53 Å². The summed E-state index contributed by atoms with van der Waals surface area (Å²) in [7, 11) is 0. The molecular weight excluding hydrogens is 348 g/mol. The quantitative estimate of drug-likeness (QED) is 0.210. The lowest BCUT2D eigenvalue weighted by Gasteiger charge is -2.11. The Labute approximate surface area is 170 Å². The van der Waals surface area contributed by atoms with Crippen molar-refractivity contribution in [2.24, 2.45) is 0 Å². The van der Waals surface area contributed by atoms with Gasteiger partial charge in [-0.1, -0.05) is 76.6 Å². The van der Waals surface area contributed by atoms with Gasteiger partial charge in [-0.25, -0.2) is 0 Å². The third kappa shape index (κ3) is 12.5. The van der Waals surface area contributed by atoms with Crippen molar-refractivity contribution in [3.63, 3.8) is 0 Å². The number of carbonyl (C=O) groups is 1. The minimum atomic E-state index is -0.145. The lowest BCUT2D eigenvalue weighted by atomic mass is 10.1. The minimum absolute atomic E-state index is 0.145. The fraction of sp³-hybridized carbons (Fsp3) is 0.292. The molecule has 0 atom stereocenters. The van der Waals surface area contributed by atoms with E-state index in [-0.39, 0.29) is 5.91 Å². The molecule has 28 heavy (non-hydrogen) atoms. The Hall–Kier alpha value is -2.85. The molecular formula is C24H34N2O2. The van der Waals surface area contributed by atoms with Crippen LogP contribution in [0.2, 0.25) is 0 Å². The second-order valence-corrected chi connectivity index (χ2v) is 5.77. The van der Waals surface area contributed by atoms with Crippen molar-refractivity contribution >= 4 is 5.91 Å². The molecule has 0 saturated heterocycles. The van der Waals surface area contributed by atoms with Crippen molar-refractivity contribution in [1.29, 1.82) is 0 Å². The number of nitrogens with one attached hydrogen (secondary N) is 2. The van der Waals surface area contributed by atoms with E-state index in [0.29, 0.717) is 25.3 Å². The van der Waals surface area contributed by atoms with E-state index < -0.39 is 0 Å². The number of ether oxygens (including phenoxy) is 1. The summed E-state index contributed by atoms with van der Waals surface area (Å²) in [6.45, 7) is 19.9. The van der Waals surface area contributed by atoms with Crippen LogP contribution in [0.1, 0.15) is 33.1 Å². The molecule has 0 aromatic carbocycles. The van der Waals surface area contributed by atoms with Crippen molar-refractivity contribution in [3.05, 3.63) is 97.5 Å². The maximum atomic E-state index is 12.1. The average Bonchev–Trinajstić information content (AvgIpc) is 2.71. The van der Waals surface area contributed by atoms with Gasteiger partial charge >= 0.3 is 0 Å². The van der Waals surface area contributed by atoms with Crippen LogP contribution in [0.5, 0.6) is 0 Å². The van der Waals surface area contributed by atoms with E-state index in [4.69, 9.17) is 4.74 Å². The van der Waals surface area contributed by atoms with Crippen molar-refractivity contribution in [2.45, 2.75) is 33.1 Å². The summed E-state index contributed by atoms with van der Waals surface area (Å²) in [5, 5.41) is 5.89. The Kier molecular flexibility index (Phi) is 14.7. The monoisotopic (exact) mass is 382 g/mol. The molecule has 0 radical (unpaired) electrons. The summed E-state index contributed by atoms with van der Waals surface area (Å²) in [5.41, 5.74) is 3.00. The SMILES string of the molecule is C=C/C=C\C(=C)NCOCC(=C)C=CCC(=C)C(=O)NC1=CC=CCC1.CC. The molecule has 4 nitrogen and oxygen atoms in total. The molecule has 1 amide bonds. The third-order valence-corrected chi connectivity index (χ3v) is 3.45. The van der Waals surface area contributed by atoms with Gasteiger partial charge in [-0.3, -0.25) is 4.79 Å². The van der Waals surface area contributed by atoms with E-state index in [1.54, 1.807) is 18.2 Å². The van der Waals surface area contributed by atoms with Gasteiger partial charge in [0, 0.05) is 17.0 Å². The Balaban J connectivity index is 0.00000352. The van der Waals surface area contributed by atoms with Gasteiger partial charge in [-0.2, -0.15) is 0 Å². The van der Waals surface area contributed by atoms with E-state index >= 15 is 0 Å². The van der Waals surface area contributed by atoms with Crippen LogP contribution in [0.25, 0.3) is 0 Å². The lowest BCUT2D eigenvalue weighted by Crippen LogP contribution is -2.24. The van der Waals surface area contributed by atoms with Gasteiger partial charge in [0.2, 0.25) is 0 Å². The predicted molar refractivity (Wildman–Crippen MR) is 120 cm³/mol. The average molecular weight is 383 g/mol. The fourth-order valence-corrected chi connectivity index (χ4v) is 2.02. The van der Waals surface area contributed by atoms with E-state index in [1.807, 2.05) is 38.2 Å². The summed E-state index contributed by atoms with van der Waals surface area (Å²) >= 11 is 0. The van der Waals surface area contributed by atoms with Crippen LogP contribution in [0.15, 0.2) is 97.5 Å². The molecule has 0 aliphatic heterocycles. The zero-order chi connectivity index (χ0) is 21.2. The largest absolute Gasteiger partial charge is 0.363 e. The van der Waals surface area contributed by atoms with E-state index in [9.17, 15) is 4.79 Å². The van der Waals surface area contributed by atoms with Crippen molar-refractivity contribution in [2.75, 3.05) is 13.3 Å². The lowest BCUT2D eigenvalue weighted by molar-refractivity contribution is -0.116.